The topological polar surface area (TPSA) is 59.8 Å². The van der Waals surface area contributed by atoms with Gasteiger partial charge in [-0.2, -0.15) is 0 Å². The summed E-state index contributed by atoms with van der Waals surface area (Å²) in [5.74, 6) is -0.0657. The monoisotopic (exact) mass is 463 g/mol. The maximum atomic E-state index is 13.5. The molecule has 0 N–H and O–H groups in total. The number of fused-ring (bicyclic) bond motifs is 2. The van der Waals surface area contributed by atoms with E-state index in [0.717, 1.165) is 11.1 Å². The molecule has 0 bridgehead atoms. The van der Waals surface area contributed by atoms with Gasteiger partial charge in [0.2, 0.25) is 5.76 Å². The molecule has 1 aromatic heterocycles. The Bertz CT molecular complexity index is 1410. The fourth-order valence-corrected chi connectivity index (χ4v) is 4.37. The van der Waals surface area contributed by atoms with E-state index in [9.17, 15) is 14.0 Å². The fraction of sp³-hybridized carbons (Fsp3) is 0.154. The van der Waals surface area contributed by atoms with Gasteiger partial charge < -0.3 is 14.1 Å². The molecule has 0 saturated heterocycles. The molecular weight excluding hydrogens is 445 g/mol. The molecule has 5 rings (SSSR count). The lowest BCUT2D eigenvalue weighted by molar-refractivity contribution is 0.0714. The molecule has 0 spiro atoms. The summed E-state index contributed by atoms with van der Waals surface area (Å²) in [4.78, 5) is 28.6. The van der Waals surface area contributed by atoms with Crippen LogP contribution in [0.2, 0.25) is 5.02 Å². The van der Waals surface area contributed by atoms with E-state index in [4.69, 9.17) is 20.8 Å². The van der Waals surface area contributed by atoms with Crippen molar-refractivity contribution in [3.63, 3.8) is 0 Å². The summed E-state index contributed by atoms with van der Waals surface area (Å²) in [6.45, 7) is 2.60. The average molecular weight is 464 g/mol. The molecular formula is C26H19ClFNO4. The van der Waals surface area contributed by atoms with Gasteiger partial charge in [0, 0.05) is 11.6 Å². The van der Waals surface area contributed by atoms with Crippen LogP contribution < -0.4 is 10.2 Å². The molecule has 2 heterocycles. The SMILES string of the molecule is CCOc1ccc(C2c3c(oc4ccc(Cl)cc4c3=O)C(=O)N2Cc2ccc(F)cc2)cc1. The molecule has 1 unspecified atom stereocenters. The molecule has 166 valence electrons. The van der Waals surface area contributed by atoms with Gasteiger partial charge in [-0.15, -0.1) is 0 Å². The summed E-state index contributed by atoms with van der Waals surface area (Å²) < 4.78 is 24.9. The van der Waals surface area contributed by atoms with Crippen LogP contribution in [-0.2, 0) is 6.54 Å². The Morgan fingerprint density at radius 2 is 1.76 bits per heavy atom. The zero-order valence-electron chi connectivity index (χ0n) is 17.7. The third kappa shape index (κ3) is 3.76. The van der Waals surface area contributed by atoms with Crippen LogP contribution in [0.1, 0.15) is 40.2 Å². The van der Waals surface area contributed by atoms with Crippen LogP contribution in [0.25, 0.3) is 11.0 Å². The maximum Gasteiger partial charge on any atom is 0.291 e. The third-order valence-corrected chi connectivity index (χ3v) is 5.94. The molecule has 1 aliphatic rings. The van der Waals surface area contributed by atoms with Gasteiger partial charge in [-0.25, -0.2) is 4.39 Å². The summed E-state index contributed by atoms with van der Waals surface area (Å²) in [7, 11) is 0. The van der Waals surface area contributed by atoms with Crippen molar-refractivity contribution in [3.8, 4) is 5.75 Å². The van der Waals surface area contributed by atoms with Crippen LogP contribution in [0.3, 0.4) is 0 Å². The molecule has 5 nitrogen and oxygen atoms in total. The zero-order valence-corrected chi connectivity index (χ0v) is 18.4. The van der Waals surface area contributed by atoms with Crippen molar-refractivity contribution in [1.82, 2.24) is 4.90 Å². The van der Waals surface area contributed by atoms with E-state index in [-0.39, 0.29) is 29.1 Å². The van der Waals surface area contributed by atoms with Crippen molar-refractivity contribution in [1.29, 1.82) is 0 Å². The van der Waals surface area contributed by atoms with Gasteiger partial charge in [0.15, 0.2) is 5.43 Å². The van der Waals surface area contributed by atoms with Crippen LogP contribution in [0.5, 0.6) is 5.75 Å². The minimum Gasteiger partial charge on any atom is -0.494 e. The minimum atomic E-state index is -0.673. The molecule has 1 aliphatic heterocycles. The van der Waals surface area contributed by atoms with Gasteiger partial charge in [0.25, 0.3) is 5.91 Å². The Morgan fingerprint density at radius 3 is 2.45 bits per heavy atom. The van der Waals surface area contributed by atoms with Crippen molar-refractivity contribution in [2.24, 2.45) is 0 Å². The van der Waals surface area contributed by atoms with Crippen LogP contribution in [0.4, 0.5) is 4.39 Å². The number of carbonyl (C=O) groups is 1. The molecule has 0 fully saturated rings. The molecule has 0 aliphatic carbocycles. The largest absolute Gasteiger partial charge is 0.494 e. The van der Waals surface area contributed by atoms with Gasteiger partial charge in [0.05, 0.1) is 23.6 Å². The number of amides is 1. The predicted molar refractivity (Wildman–Crippen MR) is 123 cm³/mol. The van der Waals surface area contributed by atoms with Crippen molar-refractivity contribution in [2.75, 3.05) is 6.61 Å². The van der Waals surface area contributed by atoms with Crippen molar-refractivity contribution < 1.29 is 18.3 Å². The smallest absolute Gasteiger partial charge is 0.291 e. The second kappa shape index (κ2) is 8.37. The Kier molecular flexibility index (Phi) is 5.38. The number of nitrogens with zero attached hydrogens (tertiary/aromatic N) is 1. The van der Waals surface area contributed by atoms with Crippen molar-refractivity contribution >= 4 is 28.5 Å². The Labute approximate surface area is 194 Å². The highest BCUT2D eigenvalue weighted by Gasteiger charge is 2.42. The first-order chi connectivity index (χ1) is 16.0. The molecule has 7 heteroatoms. The van der Waals surface area contributed by atoms with Gasteiger partial charge in [-0.05, 0) is 60.5 Å². The summed E-state index contributed by atoms with van der Waals surface area (Å²) in [6.07, 6.45) is 0. The van der Waals surface area contributed by atoms with Gasteiger partial charge in [-0.1, -0.05) is 35.9 Å². The average Bonchev–Trinajstić information content (AvgIpc) is 3.08. The van der Waals surface area contributed by atoms with Crippen LogP contribution in [0, 0.1) is 5.82 Å². The van der Waals surface area contributed by atoms with Crippen molar-refractivity contribution in [3.05, 3.63) is 110 Å². The van der Waals surface area contributed by atoms with Gasteiger partial charge in [0.1, 0.15) is 17.1 Å². The number of halogens is 2. The highest BCUT2D eigenvalue weighted by molar-refractivity contribution is 6.31. The first kappa shape index (κ1) is 21.2. The minimum absolute atomic E-state index is 0.0100. The standard InChI is InChI=1S/C26H19ClFNO4/c1-2-32-19-10-5-16(6-11-19)23-22-24(30)20-13-17(27)7-12-21(20)33-25(22)26(31)29(23)14-15-3-8-18(28)9-4-15/h3-13,23H,2,14H2,1H3. The first-order valence-corrected chi connectivity index (χ1v) is 10.9. The second-order valence-electron chi connectivity index (χ2n) is 7.78. The number of ether oxygens (including phenoxy) is 1. The van der Waals surface area contributed by atoms with E-state index in [1.165, 1.54) is 12.1 Å². The molecule has 33 heavy (non-hydrogen) atoms. The second-order valence-corrected chi connectivity index (χ2v) is 8.22. The van der Waals surface area contributed by atoms with E-state index in [1.807, 2.05) is 19.1 Å². The van der Waals surface area contributed by atoms with Crippen molar-refractivity contribution in [2.45, 2.75) is 19.5 Å². The molecule has 1 atom stereocenters. The molecule has 0 saturated carbocycles. The van der Waals surface area contributed by atoms with E-state index in [2.05, 4.69) is 0 Å². The lowest BCUT2D eigenvalue weighted by Gasteiger charge is -2.25. The fourth-order valence-electron chi connectivity index (χ4n) is 4.20. The zero-order chi connectivity index (χ0) is 23.1. The normalized spacial score (nSPS) is 15.2. The number of hydrogen-bond acceptors (Lipinski definition) is 4. The van der Waals surface area contributed by atoms with Crippen LogP contribution in [-0.4, -0.2) is 17.4 Å². The van der Waals surface area contributed by atoms with E-state index >= 15 is 0 Å². The lowest BCUT2D eigenvalue weighted by Crippen LogP contribution is -2.29. The van der Waals surface area contributed by atoms with E-state index in [0.29, 0.717) is 28.3 Å². The Hall–Kier alpha value is -3.64. The number of rotatable bonds is 5. The third-order valence-electron chi connectivity index (χ3n) is 5.70. The Morgan fingerprint density at radius 1 is 1.03 bits per heavy atom. The maximum absolute atomic E-state index is 13.5. The van der Waals surface area contributed by atoms with Gasteiger partial charge >= 0.3 is 0 Å². The Balaban J connectivity index is 1.68. The predicted octanol–water partition coefficient (Wildman–Crippen LogP) is 5.73. The van der Waals surface area contributed by atoms with E-state index < -0.39 is 11.9 Å². The summed E-state index contributed by atoms with van der Waals surface area (Å²) in [6, 6.07) is 17.3. The molecule has 0 radical (unpaired) electrons. The summed E-state index contributed by atoms with van der Waals surface area (Å²) >= 11 is 6.12. The molecule has 3 aromatic carbocycles. The quantitative estimate of drug-likeness (QED) is 0.379. The number of carbonyl (C=O) groups excluding carboxylic acids is 1. The lowest BCUT2D eigenvalue weighted by atomic mass is 9.98. The molecule has 4 aromatic rings. The summed E-state index contributed by atoms with van der Waals surface area (Å²) in [5, 5.41) is 0.716. The van der Waals surface area contributed by atoms with E-state index in [1.54, 1.807) is 47.4 Å². The number of hydrogen-bond donors (Lipinski definition) is 0. The van der Waals surface area contributed by atoms with Gasteiger partial charge in [-0.3, -0.25) is 9.59 Å². The highest BCUT2D eigenvalue weighted by atomic mass is 35.5. The van der Waals surface area contributed by atoms with Crippen LogP contribution >= 0.6 is 11.6 Å². The summed E-state index contributed by atoms with van der Waals surface area (Å²) in [5.41, 5.74) is 1.73. The first-order valence-electron chi connectivity index (χ1n) is 10.5. The number of benzene rings is 3. The molecule has 1 amide bonds. The highest BCUT2D eigenvalue weighted by Crippen LogP contribution is 2.39. The van der Waals surface area contributed by atoms with Crippen LogP contribution in [0.15, 0.2) is 75.9 Å².